The summed E-state index contributed by atoms with van der Waals surface area (Å²) < 4.78 is 10.7. The van der Waals surface area contributed by atoms with Gasteiger partial charge in [0, 0.05) is 6.07 Å². The molecule has 0 fully saturated rings. The Balaban J connectivity index is 1.84. The van der Waals surface area contributed by atoms with Crippen LogP contribution in [-0.2, 0) is 0 Å². The van der Waals surface area contributed by atoms with Gasteiger partial charge in [0.1, 0.15) is 0 Å². The summed E-state index contributed by atoms with van der Waals surface area (Å²) >= 11 is 0. The molecule has 0 aliphatic rings. The van der Waals surface area contributed by atoms with E-state index in [0.29, 0.717) is 16.9 Å². The highest BCUT2D eigenvalue weighted by Crippen LogP contribution is 2.31. The second-order valence-corrected chi connectivity index (χ2v) is 6.76. The van der Waals surface area contributed by atoms with E-state index in [1.165, 1.54) is 25.3 Å². The van der Waals surface area contributed by atoms with Gasteiger partial charge in [0.15, 0.2) is 11.5 Å². The third-order valence-electron chi connectivity index (χ3n) is 4.55. The Morgan fingerprint density at radius 3 is 2.22 bits per heavy atom. The van der Waals surface area contributed by atoms with Crippen molar-refractivity contribution in [3.8, 4) is 11.5 Å². The topological polar surface area (TPSA) is 122 Å². The number of non-ortho nitro benzene ring substituents is 1. The van der Waals surface area contributed by atoms with Crippen LogP contribution in [0.1, 0.15) is 27.0 Å². The van der Waals surface area contributed by atoms with E-state index >= 15 is 0 Å². The second kappa shape index (κ2) is 9.52. The largest absolute Gasteiger partial charge is 0.493 e. The van der Waals surface area contributed by atoms with E-state index in [2.05, 4.69) is 0 Å². The summed E-state index contributed by atoms with van der Waals surface area (Å²) in [5.41, 5.74) is 1.48. The van der Waals surface area contributed by atoms with Crippen molar-refractivity contribution in [2.45, 2.75) is 6.92 Å². The minimum Gasteiger partial charge on any atom is -0.493 e. The third-order valence-corrected chi connectivity index (χ3v) is 4.55. The van der Waals surface area contributed by atoms with Gasteiger partial charge in [-0.25, -0.2) is 4.79 Å². The number of hydrogen-bond donors (Lipinski definition) is 0. The van der Waals surface area contributed by atoms with E-state index in [4.69, 9.17) is 9.47 Å². The van der Waals surface area contributed by atoms with Crippen molar-refractivity contribution in [2.75, 3.05) is 7.11 Å². The maximum absolute atomic E-state index is 12.4. The maximum atomic E-state index is 12.4. The molecule has 0 saturated carbocycles. The lowest BCUT2D eigenvalue weighted by Gasteiger charge is -2.10. The first-order valence-corrected chi connectivity index (χ1v) is 9.36. The Labute approximate surface area is 182 Å². The smallest absolute Gasteiger partial charge is 0.343 e. The average molecular weight is 434 g/mol. The number of rotatable bonds is 7. The molecule has 0 bridgehead atoms. The summed E-state index contributed by atoms with van der Waals surface area (Å²) in [4.78, 5) is 33.1. The first-order valence-electron chi connectivity index (χ1n) is 9.36. The van der Waals surface area contributed by atoms with E-state index in [0.717, 1.165) is 11.6 Å². The zero-order valence-electron chi connectivity index (χ0n) is 17.2. The zero-order valence-corrected chi connectivity index (χ0v) is 17.2. The predicted octanol–water partition coefficient (Wildman–Crippen LogP) is 5.21. The molecule has 162 valence electrons. The molecule has 0 unspecified atom stereocenters. The Morgan fingerprint density at radius 2 is 1.59 bits per heavy atom. The van der Waals surface area contributed by atoms with Crippen LogP contribution in [0.4, 0.5) is 11.4 Å². The number of hydrogen-bond acceptors (Lipinski definition) is 7. The van der Waals surface area contributed by atoms with Crippen LogP contribution in [0.2, 0.25) is 0 Å². The fraction of sp³-hybridized carbons (Fsp3) is 0.0870. The Morgan fingerprint density at radius 1 is 0.875 bits per heavy atom. The fourth-order valence-electron chi connectivity index (χ4n) is 2.85. The molecule has 0 aliphatic heterocycles. The summed E-state index contributed by atoms with van der Waals surface area (Å²) in [6.45, 7) is 1.91. The number of nitro benzene ring substituents is 2. The van der Waals surface area contributed by atoms with Gasteiger partial charge >= 0.3 is 5.97 Å². The van der Waals surface area contributed by atoms with Crippen LogP contribution in [0.3, 0.4) is 0 Å². The van der Waals surface area contributed by atoms with Crippen LogP contribution in [0, 0.1) is 27.2 Å². The first kappa shape index (κ1) is 22.2. The quantitative estimate of drug-likeness (QED) is 0.164. The van der Waals surface area contributed by atoms with Crippen molar-refractivity contribution < 1.29 is 24.1 Å². The molecule has 0 spiro atoms. The molecule has 3 aromatic rings. The van der Waals surface area contributed by atoms with Crippen molar-refractivity contribution in [1.82, 2.24) is 0 Å². The lowest BCUT2D eigenvalue weighted by Crippen LogP contribution is -2.09. The molecular weight excluding hydrogens is 416 g/mol. The lowest BCUT2D eigenvalue weighted by atomic mass is 10.1. The van der Waals surface area contributed by atoms with Crippen LogP contribution in [0.5, 0.6) is 11.5 Å². The number of carbonyl (C=O) groups is 1. The maximum Gasteiger partial charge on any atom is 0.343 e. The highest BCUT2D eigenvalue weighted by Gasteiger charge is 2.18. The van der Waals surface area contributed by atoms with Gasteiger partial charge in [0.25, 0.3) is 11.4 Å². The van der Waals surface area contributed by atoms with E-state index in [-0.39, 0.29) is 22.7 Å². The van der Waals surface area contributed by atoms with Gasteiger partial charge in [-0.15, -0.1) is 0 Å². The predicted molar refractivity (Wildman–Crippen MR) is 118 cm³/mol. The molecule has 32 heavy (non-hydrogen) atoms. The number of aryl methyl sites for hydroxylation is 1. The Hall–Kier alpha value is -4.53. The number of carbonyl (C=O) groups excluding carboxylic acids is 1. The highest BCUT2D eigenvalue weighted by molar-refractivity contribution is 5.91. The zero-order chi connectivity index (χ0) is 23.3. The normalized spacial score (nSPS) is 10.7. The van der Waals surface area contributed by atoms with Gasteiger partial charge in [-0.3, -0.25) is 20.2 Å². The molecule has 0 radical (unpaired) electrons. The molecule has 3 rings (SSSR count). The van der Waals surface area contributed by atoms with Gasteiger partial charge in [0.2, 0.25) is 0 Å². The second-order valence-electron chi connectivity index (χ2n) is 6.76. The van der Waals surface area contributed by atoms with E-state index in [1.54, 1.807) is 48.5 Å². The van der Waals surface area contributed by atoms with Crippen LogP contribution in [0.15, 0.2) is 60.7 Å². The van der Waals surface area contributed by atoms with E-state index < -0.39 is 15.8 Å². The molecule has 0 saturated heterocycles. The van der Waals surface area contributed by atoms with Crippen molar-refractivity contribution in [3.63, 3.8) is 0 Å². The van der Waals surface area contributed by atoms with Gasteiger partial charge < -0.3 is 9.47 Å². The molecular formula is C23H18N2O7. The molecule has 9 heteroatoms. The van der Waals surface area contributed by atoms with E-state index in [9.17, 15) is 25.0 Å². The number of benzene rings is 3. The standard InChI is InChI=1S/C23H18N2O7/c1-15-3-7-18(8-4-15)23(26)32-21-12-6-16(13-22(21)31-2)5-9-17-10-11-19(24(27)28)14-20(17)25(29)30/h3-14H,1-2H3. The van der Waals surface area contributed by atoms with Crippen molar-refractivity contribution in [2.24, 2.45) is 0 Å². The minimum absolute atomic E-state index is 0.203. The summed E-state index contributed by atoms with van der Waals surface area (Å²) in [5, 5.41) is 22.1. The average Bonchev–Trinajstić information content (AvgIpc) is 2.78. The molecule has 0 aromatic heterocycles. The van der Waals surface area contributed by atoms with Gasteiger partial charge in [-0.1, -0.05) is 29.8 Å². The summed E-state index contributed by atoms with van der Waals surface area (Å²) in [6.07, 6.45) is 3.05. The number of nitrogens with zero attached hydrogens (tertiary/aromatic N) is 2. The van der Waals surface area contributed by atoms with Crippen LogP contribution in [0.25, 0.3) is 12.2 Å². The SMILES string of the molecule is COc1cc(C=Cc2ccc([N+](=O)[O-])cc2[N+](=O)[O-])ccc1OC(=O)c1ccc(C)cc1. The van der Waals surface area contributed by atoms with E-state index in [1.807, 2.05) is 6.92 Å². The summed E-state index contributed by atoms with van der Waals surface area (Å²) in [6, 6.07) is 15.2. The van der Waals surface area contributed by atoms with Gasteiger partial charge in [-0.2, -0.15) is 0 Å². The van der Waals surface area contributed by atoms with Gasteiger partial charge in [-0.05, 0) is 48.9 Å². The lowest BCUT2D eigenvalue weighted by molar-refractivity contribution is -0.394. The number of esters is 1. The number of nitro groups is 2. The number of methoxy groups -OCH3 is 1. The molecule has 0 amide bonds. The van der Waals surface area contributed by atoms with Crippen molar-refractivity contribution >= 4 is 29.5 Å². The number of ether oxygens (including phenoxy) is 2. The summed E-state index contributed by atoms with van der Waals surface area (Å²) in [5.74, 6) is -0.0181. The highest BCUT2D eigenvalue weighted by atomic mass is 16.6. The first-order chi connectivity index (χ1) is 15.3. The van der Waals surface area contributed by atoms with Crippen molar-refractivity contribution in [1.29, 1.82) is 0 Å². The van der Waals surface area contributed by atoms with Crippen LogP contribution < -0.4 is 9.47 Å². The molecule has 9 nitrogen and oxygen atoms in total. The van der Waals surface area contributed by atoms with Crippen LogP contribution in [-0.4, -0.2) is 22.9 Å². The molecule has 0 aliphatic carbocycles. The molecule has 0 N–H and O–H groups in total. The van der Waals surface area contributed by atoms with Crippen LogP contribution >= 0.6 is 0 Å². The molecule has 3 aromatic carbocycles. The van der Waals surface area contributed by atoms with Gasteiger partial charge in [0.05, 0.1) is 34.1 Å². The summed E-state index contributed by atoms with van der Waals surface area (Å²) in [7, 11) is 1.42. The minimum atomic E-state index is -0.692. The van der Waals surface area contributed by atoms with Crippen molar-refractivity contribution in [3.05, 3.63) is 103 Å². The third kappa shape index (κ3) is 5.14. The fourth-order valence-corrected chi connectivity index (χ4v) is 2.85. The molecule has 0 heterocycles. The molecule has 0 atom stereocenters. The Bertz CT molecular complexity index is 1220. The Kier molecular flexibility index (Phi) is 6.59. The monoisotopic (exact) mass is 434 g/mol.